The lowest BCUT2D eigenvalue weighted by atomic mass is 10.00. The zero-order valence-corrected chi connectivity index (χ0v) is 9.09. The normalized spacial score (nSPS) is 9.88. The number of aldehydes is 1. The fourth-order valence-electron chi connectivity index (χ4n) is 1.59. The van der Waals surface area contributed by atoms with Crippen molar-refractivity contribution in [2.45, 2.75) is 0 Å². The molecule has 84 valence electrons. The fraction of sp³-hybridized carbons (Fsp3) is 0. The maximum Gasteiger partial charge on any atom is 0.195 e. The Balaban J connectivity index is 2.47. The highest BCUT2D eigenvalue weighted by Crippen LogP contribution is 2.17. The molecule has 2 N–H and O–H groups in total. The van der Waals surface area contributed by atoms with Crippen LogP contribution in [0.3, 0.4) is 0 Å². The Bertz CT molecular complexity index is 562. The molecule has 2 rings (SSSR count). The van der Waals surface area contributed by atoms with E-state index in [1.165, 1.54) is 6.07 Å². The van der Waals surface area contributed by atoms with Crippen LogP contribution in [-0.4, -0.2) is 12.1 Å². The van der Waals surface area contributed by atoms with E-state index in [9.17, 15) is 9.59 Å². The Hall–Kier alpha value is -2.42. The monoisotopic (exact) mass is 225 g/mol. The van der Waals surface area contributed by atoms with Crippen LogP contribution in [0.25, 0.3) is 0 Å². The molecule has 0 spiro atoms. The highest BCUT2D eigenvalue weighted by atomic mass is 16.1. The van der Waals surface area contributed by atoms with Crippen molar-refractivity contribution in [3.05, 3.63) is 65.2 Å². The van der Waals surface area contributed by atoms with Gasteiger partial charge in [-0.2, -0.15) is 0 Å². The van der Waals surface area contributed by atoms with Gasteiger partial charge in [0.25, 0.3) is 0 Å². The van der Waals surface area contributed by atoms with Gasteiger partial charge in [0, 0.05) is 22.4 Å². The third kappa shape index (κ3) is 2.23. The smallest absolute Gasteiger partial charge is 0.195 e. The number of rotatable bonds is 3. The van der Waals surface area contributed by atoms with Crippen molar-refractivity contribution in [1.82, 2.24) is 0 Å². The minimum atomic E-state index is -0.174. The van der Waals surface area contributed by atoms with Crippen molar-refractivity contribution in [3.8, 4) is 0 Å². The fourth-order valence-corrected chi connectivity index (χ4v) is 1.59. The number of carbonyl (C=O) groups is 2. The van der Waals surface area contributed by atoms with Gasteiger partial charge in [-0.3, -0.25) is 9.59 Å². The topological polar surface area (TPSA) is 60.2 Å². The van der Waals surface area contributed by atoms with Crippen LogP contribution in [0.15, 0.2) is 48.5 Å². The Kier molecular flexibility index (Phi) is 3.01. The number of hydrogen-bond acceptors (Lipinski definition) is 3. The van der Waals surface area contributed by atoms with E-state index in [2.05, 4.69) is 0 Å². The average Bonchev–Trinajstić information content (AvgIpc) is 2.39. The van der Waals surface area contributed by atoms with Gasteiger partial charge < -0.3 is 5.73 Å². The molecule has 0 saturated heterocycles. The summed E-state index contributed by atoms with van der Waals surface area (Å²) in [6.45, 7) is 0. The van der Waals surface area contributed by atoms with Gasteiger partial charge in [-0.1, -0.05) is 30.3 Å². The van der Waals surface area contributed by atoms with E-state index in [1.807, 2.05) is 6.07 Å². The van der Waals surface area contributed by atoms with E-state index >= 15 is 0 Å². The summed E-state index contributed by atoms with van der Waals surface area (Å²) >= 11 is 0. The predicted octanol–water partition coefficient (Wildman–Crippen LogP) is 2.31. The van der Waals surface area contributed by atoms with Crippen LogP contribution in [0.5, 0.6) is 0 Å². The summed E-state index contributed by atoms with van der Waals surface area (Å²) in [5.41, 5.74) is 7.49. The van der Waals surface area contributed by atoms with Crippen molar-refractivity contribution < 1.29 is 9.59 Å². The molecule has 0 radical (unpaired) electrons. The Morgan fingerprint density at radius 2 is 1.76 bits per heavy atom. The maximum atomic E-state index is 12.1. The van der Waals surface area contributed by atoms with Crippen molar-refractivity contribution in [3.63, 3.8) is 0 Å². The number of anilines is 1. The van der Waals surface area contributed by atoms with Gasteiger partial charge in [-0.15, -0.1) is 0 Å². The van der Waals surface area contributed by atoms with Gasteiger partial charge in [-0.05, 0) is 18.2 Å². The standard InChI is InChI=1S/C14H11NO2/c15-13-7-6-10(9-16)8-12(13)14(17)11-4-2-1-3-5-11/h1-9H,15H2. The molecule has 17 heavy (non-hydrogen) atoms. The molecule has 2 aromatic rings. The van der Waals surface area contributed by atoms with Crippen LogP contribution in [0, 0.1) is 0 Å². The quantitative estimate of drug-likeness (QED) is 0.495. The molecule has 0 saturated carbocycles. The van der Waals surface area contributed by atoms with Gasteiger partial charge in [-0.25, -0.2) is 0 Å². The summed E-state index contributed by atoms with van der Waals surface area (Å²) in [5, 5.41) is 0. The van der Waals surface area contributed by atoms with Crippen molar-refractivity contribution >= 4 is 17.8 Å². The van der Waals surface area contributed by atoms with Crippen molar-refractivity contribution in [2.24, 2.45) is 0 Å². The first kappa shape index (κ1) is 11.1. The summed E-state index contributed by atoms with van der Waals surface area (Å²) in [4.78, 5) is 22.8. The maximum absolute atomic E-state index is 12.1. The second-order valence-electron chi connectivity index (χ2n) is 3.66. The second-order valence-corrected chi connectivity index (χ2v) is 3.66. The summed E-state index contributed by atoms with van der Waals surface area (Å²) in [6, 6.07) is 13.5. The number of nitrogens with two attached hydrogens (primary N) is 1. The number of nitrogen functional groups attached to an aromatic ring is 1. The minimum Gasteiger partial charge on any atom is -0.398 e. The molecule has 3 nitrogen and oxygen atoms in total. The number of hydrogen-bond donors (Lipinski definition) is 1. The molecule has 0 aromatic heterocycles. The highest BCUT2D eigenvalue weighted by molar-refractivity contribution is 6.12. The molecule has 0 atom stereocenters. The molecule has 0 fully saturated rings. The van der Waals surface area contributed by atoms with E-state index in [4.69, 9.17) is 5.73 Å². The Labute approximate surface area is 98.9 Å². The van der Waals surface area contributed by atoms with Crippen LogP contribution in [0.1, 0.15) is 26.3 Å². The van der Waals surface area contributed by atoms with Crippen LogP contribution < -0.4 is 5.73 Å². The Morgan fingerprint density at radius 1 is 1.06 bits per heavy atom. The largest absolute Gasteiger partial charge is 0.398 e. The molecule has 0 aliphatic carbocycles. The van der Waals surface area contributed by atoms with E-state index in [1.54, 1.807) is 36.4 Å². The summed E-state index contributed by atoms with van der Waals surface area (Å²) in [7, 11) is 0. The van der Waals surface area contributed by atoms with E-state index < -0.39 is 0 Å². The first-order valence-electron chi connectivity index (χ1n) is 5.17. The first-order valence-corrected chi connectivity index (χ1v) is 5.17. The zero-order valence-electron chi connectivity index (χ0n) is 9.09. The van der Waals surface area contributed by atoms with Gasteiger partial charge in [0.15, 0.2) is 5.78 Å². The molecule has 0 bridgehead atoms. The third-order valence-electron chi connectivity index (χ3n) is 2.49. The Morgan fingerprint density at radius 3 is 2.41 bits per heavy atom. The summed E-state index contributed by atoms with van der Waals surface area (Å²) in [5.74, 6) is -0.174. The number of carbonyl (C=O) groups excluding carboxylic acids is 2. The zero-order chi connectivity index (χ0) is 12.3. The minimum absolute atomic E-state index is 0.174. The van der Waals surface area contributed by atoms with Crippen LogP contribution in [0.4, 0.5) is 5.69 Å². The molecule has 0 unspecified atom stereocenters. The molecule has 0 aliphatic heterocycles. The summed E-state index contributed by atoms with van der Waals surface area (Å²) < 4.78 is 0. The SMILES string of the molecule is Nc1ccc(C=O)cc1C(=O)c1ccccc1. The second kappa shape index (κ2) is 4.61. The number of ketones is 1. The molecule has 0 amide bonds. The lowest BCUT2D eigenvalue weighted by Gasteiger charge is -2.05. The van der Waals surface area contributed by atoms with Crippen LogP contribution in [0.2, 0.25) is 0 Å². The number of benzene rings is 2. The van der Waals surface area contributed by atoms with Gasteiger partial charge in [0.05, 0.1) is 0 Å². The first-order chi connectivity index (χ1) is 8.22. The van der Waals surface area contributed by atoms with Crippen LogP contribution >= 0.6 is 0 Å². The predicted molar refractivity (Wildman–Crippen MR) is 66.1 cm³/mol. The molecule has 0 aliphatic rings. The summed E-state index contributed by atoms with van der Waals surface area (Å²) in [6.07, 6.45) is 0.696. The highest BCUT2D eigenvalue weighted by Gasteiger charge is 2.12. The molecule has 0 heterocycles. The molecular formula is C14H11NO2. The molecule has 2 aromatic carbocycles. The molecular weight excluding hydrogens is 214 g/mol. The molecule has 3 heteroatoms. The average molecular weight is 225 g/mol. The van der Waals surface area contributed by atoms with E-state index in [-0.39, 0.29) is 5.78 Å². The van der Waals surface area contributed by atoms with Crippen LogP contribution in [-0.2, 0) is 0 Å². The van der Waals surface area contributed by atoms with E-state index in [0.29, 0.717) is 28.7 Å². The van der Waals surface area contributed by atoms with Crippen molar-refractivity contribution in [2.75, 3.05) is 5.73 Å². The lowest BCUT2D eigenvalue weighted by molar-refractivity contribution is 0.103. The van der Waals surface area contributed by atoms with Gasteiger partial charge in [0.1, 0.15) is 6.29 Å². The van der Waals surface area contributed by atoms with Gasteiger partial charge >= 0.3 is 0 Å². The van der Waals surface area contributed by atoms with Crippen molar-refractivity contribution in [1.29, 1.82) is 0 Å². The van der Waals surface area contributed by atoms with E-state index in [0.717, 1.165) is 0 Å². The lowest BCUT2D eigenvalue weighted by Crippen LogP contribution is -2.06. The van der Waals surface area contributed by atoms with Gasteiger partial charge in [0.2, 0.25) is 0 Å². The third-order valence-corrected chi connectivity index (χ3v) is 2.49.